The minimum atomic E-state index is -5.37. The Hall–Kier alpha value is -0.490. The third-order valence-electron chi connectivity index (χ3n) is 1.000. The first kappa shape index (κ1) is 11.5. The molecular formula is C5H4F7. The number of alkyl halides is 7. The molecule has 7 heteroatoms. The normalized spacial score (nSPS) is 16.8. The van der Waals surface area contributed by atoms with Gasteiger partial charge in [0.15, 0.2) is 0 Å². The Morgan fingerprint density at radius 1 is 0.917 bits per heavy atom. The van der Waals surface area contributed by atoms with Crippen LogP contribution in [0.5, 0.6) is 0 Å². The molecule has 73 valence electrons. The Balaban J connectivity index is 4.57. The number of halogens is 7. The highest BCUT2D eigenvalue weighted by Crippen LogP contribution is 2.37. The Labute approximate surface area is 63.4 Å². The van der Waals surface area contributed by atoms with E-state index in [4.69, 9.17) is 0 Å². The highest BCUT2D eigenvalue weighted by atomic mass is 19.3. The molecule has 12 heavy (non-hydrogen) atoms. The second kappa shape index (κ2) is 3.10. The van der Waals surface area contributed by atoms with Crippen LogP contribution < -0.4 is 0 Å². The fourth-order valence-electron chi connectivity index (χ4n) is 0.392. The van der Waals surface area contributed by atoms with E-state index in [0.717, 1.165) is 0 Å². The fourth-order valence-corrected chi connectivity index (χ4v) is 0.392. The number of hydrogen-bond acceptors (Lipinski definition) is 0. The first-order valence-corrected chi connectivity index (χ1v) is 2.63. The molecule has 0 aliphatic carbocycles. The van der Waals surface area contributed by atoms with E-state index in [-0.39, 0.29) is 0 Å². The van der Waals surface area contributed by atoms with Gasteiger partial charge in [-0.15, -0.1) is 0 Å². The van der Waals surface area contributed by atoms with Gasteiger partial charge in [-0.2, -0.15) is 8.78 Å². The van der Waals surface area contributed by atoms with Crippen LogP contribution in [0.25, 0.3) is 0 Å². The second-order valence-corrected chi connectivity index (χ2v) is 2.10. The summed E-state index contributed by atoms with van der Waals surface area (Å²) in [6.45, 7) is 1.70. The lowest BCUT2D eigenvalue weighted by Crippen LogP contribution is -2.47. The predicted octanol–water partition coefficient (Wildman–Crippen LogP) is 2.69. The van der Waals surface area contributed by atoms with Crippen LogP contribution in [0.4, 0.5) is 30.7 Å². The molecular weight excluding hydrogens is 193 g/mol. The average molecular weight is 197 g/mol. The lowest BCUT2D eigenvalue weighted by atomic mass is 10.1. The minimum absolute atomic E-state index is 1.70. The van der Waals surface area contributed by atoms with Gasteiger partial charge in [0.25, 0.3) is 5.92 Å². The zero-order valence-corrected chi connectivity index (χ0v) is 5.51. The molecule has 0 saturated heterocycles. The van der Waals surface area contributed by atoms with Gasteiger partial charge < -0.3 is 0 Å². The molecule has 1 atom stereocenters. The molecule has 0 amide bonds. The third-order valence-corrected chi connectivity index (χ3v) is 1.000. The van der Waals surface area contributed by atoms with Crippen LogP contribution >= 0.6 is 0 Å². The van der Waals surface area contributed by atoms with Crippen LogP contribution in [-0.4, -0.2) is 24.4 Å². The smallest absolute Gasteiger partial charge is 0.234 e. The highest BCUT2D eigenvalue weighted by Gasteiger charge is 2.58. The fraction of sp³-hybridized carbons (Fsp3) is 0.800. The van der Waals surface area contributed by atoms with Crippen molar-refractivity contribution in [2.24, 2.45) is 0 Å². The van der Waals surface area contributed by atoms with E-state index in [2.05, 4.69) is 0 Å². The van der Waals surface area contributed by atoms with E-state index in [1.165, 1.54) is 0 Å². The first-order valence-electron chi connectivity index (χ1n) is 2.63. The summed E-state index contributed by atoms with van der Waals surface area (Å²) in [6.07, 6.45) is -8.75. The second-order valence-electron chi connectivity index (χ2n) is 2.10. The van der Waals surface area contributed by atoms with Crippen molar-refractivity contribution in [3.05, 3.63) is 6.92 Å². The Kier molecular flexibility index (Phi) is 2.97. The Morgan fingerprint density at radius 3 is 1.33 bits per heavy atom. The summed E-state index contributed by atoms with van der Waals surface area (Å²) < 4.78 is 81.3. The van der Waals surface area contributed by atoms with E-state index >= 15 is 0 Å². The highest BCUT2D eigenvalue weighted by molar-refractivity contribution is 4.91. The predicted molar refractivity (Wildman–Crippen MR) is 26.2 cm³/mol. The summed E-state index contributed by atoms with van der Waals surface area (Å²) in [6, 6.07) is 0. The van der Waals surface area contributed by atoms with Crippen LogP contribution in [0.2, 0.25) is 0 Å². The standard InChI is InChI=1S/C5H4F7/c1-4(9,10)2(6)5(11,12)3(7)8/h2-3H,1H2. The monoisotopic (exact) mass is 197 g/mol. The largest absolute Gasteiger partial charge is 0.343 e. The van der Waals surface area contributed by atoms with Crippen LogP contribution in [-0.2, 0) is 0 Å². The summed E-state index contributed by atoms with van der Waals surface area (Å²) in [5.41, 5.74) is 0. The maximum atomic E-state index is 11.9. The molecule has 0 N–H and O–H groups in total. The first-order chi connectivity index (χ1) is 5.10. The summed E-state index contributed by atoms with van der Waals surface area (Å²) >= 11 is 0. The van der Waals surface area contributed by atoms with Crippen molar-refractivity contribution in [1.29, 1.82) is 0 Å². The molecule has 0 aliphatic heterocycles. The third kappa shape index (κ3) is 2.25. The molecule has 0 nitrogen and oxygen atoms in total. The average Bonchev–Trinajstić information content (AvgIpc) is 1.83. The maximum Gasteiger partial charge on any atom is 0.343 e. The van der Waals surface area contributed by atoms with Gasteiger partial charge in [0.1, 0.15) is 0 Å². The van der Waals surface area contributed by atoms with Crippen molar-refractivity contribution >= 4 is 0 Å². The summed E-state index contributed by atoms with van der Waals surface area (Å²) in [5.74, 6) is -10.1. The van der Waals surface area contributed by atoms with Gasteiger partial charge in [-0.25, -0.2) is 22.0 Å². The summed E-state index contributed by atoms with van der Waals surface area (Å²) in [7, 11) is 0. The molecule has 0 aliphatic rings. The maximum absolute atomic E-state index is 11.9. The lowest BCUT2D eigenvalue weighted by molar-refractivity contribution is -0.218. The SMILES string of the molecule is [CH2]C(F)(F)C(F)C(F)(F)C(F)F. The van der Waals surface area contributed by atoms with Crippen LogP contribution in [0.1, 0.15) is 0 Å². The molecule has 0 fully saturated rings. The van der Waals surface area contributed by atoms with Crippen LogP contribution in [0.15, 0.2) is 0 Å². The molecule has 1 unspecified atom stereocenters. The van der Waals surface area contributed by atoms with Gasteiger partial charge in [0.05, 0.1) is 0 Å². The molecule has 0 aromatic heterocycles. The van der Waals surface area contributed by atoms with Crippen LogP contribution in [0.3, 0.4) is 0 Å². The van der Waals surface area contributed by atoms with Gasteiger partial charge in [-0.3, -0.25) is 0 Å². The molecule has 0 aromatic carbocycles. The van der Waals surface area contributed by atoms with Gasteiger partial charge in [0.2, 0.25) is 6.17 Å². The number of rotatable bonds is 3. The summed E-state index contributed by atoms with van der Waals surface area (Å²) in [5, 5.41) is 0. The summed E-state index contributed by atoms with van der Waals surface area (Å²) in [4.78, 5) is 0. The van der Waals surface area contributed by atoms with E-state index in [0.29, 0.717) is 0 Å². The molecule has 0 rings (SSSR count). The number of hydrogen-bond donors (Lipinski definition) is 0. The van der Waals surface area contributed by atoms with Crippen LogP contribution in [0, 0.1) is 6.92 Å². The van der Waals surface area contributed by atoms with Crippen molar-refractivity contribution in [3.8, 4) is 0 Å². The van der Waals surface area contributed by atoms with Crippen molar-refractivity contribution in [2.75, 3.05) is 0 Å². The topological polar surface area (TPSA) is 0 Å². The Morgan fingerprint density at radius 2 is 1.25 bits per heavy atom. The quantitative estimate of drug-likeness (QED) is 0.610. The molecule has 0 spiro atoms. The van der Waals surface area contributed by atoms with Crippen molar-refractivity contribution < 1.29 is 30.7 Å². The van der Waals surface area contributed by atoms with E-state index < -0.39 is 24.4 Å². The zero-order valence-electron chi connectivity index (χ0n) is 5.51. The lowest BCUT2D eigenvalue weighted by Gasteiger charge is -2.23. The molecule has 0 bridgehead atoms. The van der Waals surface area contributed by atoms with Gasteiger partial charge in [0, 0.05) is 6.92 Å². The van der Waals surface area contributed by atoms with E-state index in [9.17, 15) is 30.7 Å². The molecule has 1 radical (unpaired) electrons. The van der Waals surface area contributed by atoms with Gasteiger partial charge >= 0.3 is 12.3 Å². The van der Waals surface area contributed by atoms with Crippen molar-refractivity contribution in [3.63, 3.8) is 0 Å². The minimum Gasteiger partial charge on any atom is -0.234 e. The van der Waals surface area contributed by atoms with E-state index in [1.807, 2.05) is 0 Å². The zero-order chi connectivity index (χ0) is 10.2. The van der Waals surface area contributed by atoms with Gasteiger partial charge in [-0.1, -0.05) is 0 Å². The Bertz CT molecular complexity index is 146. The van der Waals surface area contributed by atoms with Crippen molar-refractivity contribution in [1.82, 2.24) is 0 Å². The van der Waals surface area contributed by atoms with Gasteiger partial charge in [-0.05, 0) is 0 Å². The molecule has 0 aromatic rings. The van der Waals surface area contributed by atoms with Crippen molar-refractivity contribution in [2.45, 2.75) is 24.4 Å². The molecule has 0 heterocycles. The van der Waals surface area contributed by atoms with E-state index in [1.54, 1.807) is 6.92 Å². The molecule has 0 saturated carbocycles.